The number of esters is 1. The lowest BCUT2D eigenvalue weighted by Gasteiger charge is -2.21. The minimum Gasteiger partial charge on any atom is -0.455 e. The fraction of sp³-hybridized carbons (Fsp3) is 0.316. The van der Waals surface area contributed by atoms with Crippen molar-refractivity contribution in [3.05, 3.63) is 58.2 Å². The highest BCUT2D eigenvalue weighted by Gasteiger charge is 2.27. The van der Waals surface area contributed by atoms with E-state index in [9.17, 15) is 9.59 Å². The molecule has 0 radical (unpaired) electrons. The van der Waals surface area contributed by atoms with Crippen molar-refractivity contribution in [1.82, 2.24) is 4.98 Å². The molecule has 2 rings (SSSR count). The summed E-state index contributed by atoms with van der Waals surface area (Å²) >= 11 is 11.7. The Kier molecular flexibility index (Phi) is 7.42. The summed E-state index contributed by atoms with van der Waals surface area (Å²) in [6.07, 6.45) is 2.18. The van der Waals surface area contributed by atoms with E-state index < -0.39 is 24.4 Å². The van der Waals surface area contributed by atoms with Gasteiger partial charge in [0, 0.05) is 6.20 Å². The number of hydrogen-bond donors (Lipinski definition) is 1. The van der Waals surface area contributed by atoms with Gasteiger partial charge in [-0.3, -0.25) is 9.59 Å². The third kappa shape index (κ3) is 5.44. The van der Waals surface area contributed by atoms with Crippen molar-refractivity contribution < 1.29 is 14.3 Å². The lowest BCUT2D eigenvalue weighted by molar-refractivity contribution is -0.150. The number of carbonyl (C=O) groups is 2. The van der Waals surface area contributed by atoms with Gasteiger partial charge >= 0.3 is 5.97 Å². The number of halogens is 2. The molecule has 5 nitrogen and oxygen atoms in total. The fourth-order valence-corrected chi connectivity index (χ4v) is 2.92. The number of nitrogens with one attached hydrogen (secondary N) is 1. The van der Waals surface area contributed by atoms with E-state index in [2.05, 4.69) is 10.3 Å². The second-order valence-electron chi connectivity index (χ2n) is 5.91. The van der Waals surface area contributed by atoms with Crippen LogP contribution in [0.1, 0.15) is 31.7 Å². The average molecular weight is 395 g/mol. The highest BCUT2D eigenvalue weighted by molar-refractivity contribution is 6.36. The van der Waals surface area contributed by atoms with E-state index in [-0.39, 0.29) is 16.8 Å². The van der Waals surface area contributed by atoms with E-state index in [1.807, 2.05) is 44.2 Å². The van der Waals surface area contributed by atoms with Crippen LogP contribution in [0.5, 0.6) is 0 Å². The number of carbonyl (C=O) groups excluding carboxylic acids is 2. The van der Waals surface area contributed by atoms with Crippen molar-refractivity contribution >= 4 is 40.9 Å². The summed E-state index contributed by atoms with van der Waals surface area (Å²) in [5.41, 5.74) is 0.870. The van der Waals surface area contributed by atoms with E-state index in [1.54, 1.807) is 0 Å². The fourth-order valence-electron chi connectivity index (χ4n) is 2.49. The molecule has 0 unspecified atom stereocenters. The van der Waals surface area contributed by atoms with Gasteiger partial charge < -0.3 is 10.1 Å². The summed E-state index contributed by atoms with van der Waals surface area (Å²) in [5, 5.41) is 3.06. The topological polar surface area (TPSA) is 68.3 Å². The standard InChI is InChI=1S/C19H20Cl2N2O3/c1-3-12(2)17(13-7-5-4-6-8-13)19(25)26-11-16(24)23-18-15(21)9-14(20)10-22-18/h4-10,12,17H,3,11H2,1-2H3,(H,22,23,24)/t12-,17-/m1/s1. The summed E-state index contributed by atoms with van der Waals surface area (Å²) in [6.45, 7) is 3.57. The van der Waals surface area contributed by atoms with Crippen molar-refractivity contribution in [3.8, 4) is 0 Å². The normalized spacial score (nSPS) is 12.9. The molecule has 0 aliphatic carbocycles. The highest BCUT2D eigenvalue weighted by atomic mass is 35.5. The molecule has 0 aliphatic heterocycles. The molecule has 1 aromatic carbocycles. The zero-order valence-corrected chi connectivity index (χ0v) is 16.1. The van der Waals surface area contributed by atoms with Crippen LogP contribution < -0.4 is 5.32 Å². The number of amides is 1. The number of anilines is 1. The molecular formula is C19H20Cl2N2O3. The Morgan fingerprint density at radius 2 is 1.92 bits per heavy atom. The maximum Gasteiger partial charge on any atom is 0.314 e. The Morgan fingerprint density at radius 3 is 2.54 bits per heavy atom. The van der Waals surface area contributed by atoms with Crippen LogP contribution in [0.4, 0.5) is 5.82 Å². The van der Waals surface area contributed by atoms with Gasteiger partial charge in [-0.1, -0.05) is 73.8 Å². The van der Waals surface area contributed by atoms with Gasteiger partial charge in [-0.2, -0.15) is 0 Å². The zero-order chi connectivity index (χ0) is 19.1. The van der Waals surface area contributed by atoms with Gasteiger partial charge in [-0.15, -0.1) is 0 Å². The SMILES string of the molecule is CC[C@@H](C)[C@@H](C(=O)OCC(=O)Nc1ncc(Cl)cc1Cl)c1ccccc1. The molecule has 0 saturated heterocycles. The monoisotopic (exact) mass is 394 g/mol. The molecule has 1 amide bonds. The number of nitrogens with zero attached hydrogens (tertiary/aromatic N) is 1. The molecule has 1 N–H and O–H groups in total. The maximum atomic E-state index is 12.6. The van der Waals surface area contributed by atoms with Gasteiger partial charge in [-0.25, -0.2) is 4.98 Å². The molecule has 2 aromatic rings. The van der Waals surface area contributed by atoms with Crippen LogP contribution in [0.25, 0.3) is 0 Å². The number of pyridine rings is 1. The van der Waals surface area contributed by atoms with E-state index >= 15 is 0 Å². The molecule has 0 fully saturated rings. The Morgan fingerprint density at radius 1 is 1.23 bits per heavy atom. The predicted molar refractivity (Wildman–Crippen MR) is 102 cm³/mol. The van der Waals surface area contributed by atoms with Crippen molar-refractivity contribution in [2.24, 2.45) is 5.92 Å². The molecule has 1 heterocycles. The molecule has 0 bridgehead atoms. The first-order chi connectivity index (χ1) is 12.4. The van der Waals surface area contributed by atoms with E-state index in [1.165, 1.54) is 12.3 Å². The van der Waals surface area contributed by atoms with Crippen LogP contribution in [0.3, 0.4) is 0 Å². The van der Waals surface area contributed by atoms with Gasteiger partial charge in [0.05, 0.1) is 16.0 Å². The number of rotatable bonds is 7. The van der Waals surface area contributed by atoms with Gasteiger partial charge in [0.15, 0.2) is 12.4 Å². The van der Waals surface area contributed by atoms with Crippen LogP contribution in [-0.4, -0.2) is 23.5 Å². The zero-order valence-electron chi connectivity index (χ0n) is 14.5. The van der Waals surface area contributed by atoms with Gasteiger partial charge in [0.1, 0.15) is 0 Å². The summed E-state index contributed by atoms with van der Waals surface area (Å²) in [5.74, 6) is -1.13. The highest BCUT2D eigenvalue weighted by Crippen LogP contribution is 2.28. The van der Waals surface area contributed by atoms with E-state index in [0.29, 0.717) is 5.02 Å². The molecule has 26 heavy (non-hydrogen) atoms. The van der Waals surface area contributed by atoms with E-state index in [0.717, 1.165) is 12.0 Å². The molecule has 0 aliphatic rings. The molecule has 7 heteroatoms. The summed E-state index contributed by atoms with van der Waals surface area (Å²) in [7, 11) is 0. The lowest BCUT2D eigenvalue weighted by Crippen LogP contribution is -2.27. The van der Waals surface area contributed by atoms with Crippen LogP contribution in [0, 0.1) is 5.92 Å². The number of benzene rings is 1. The Hall–Kier alpha value is -2.11. The maximum absolute atomic E-state index is 12.6. The Labute approximate surface area is 162 Å². The first-order valence-corrected chi connectivity index (χ1v) is 9.00. The number of aromatic nitrogens is 1. The third-order valence-electron chi connectivity index (χ3n) is 4.04. The van der Waals surface area contributed by atoms with E-state index in [4.69, 9.17) is 27.9 Å². The Balaban J connectivity index is 1.99. The van der Waals surface area contributed by atoms with Crippen LogP contribution in [0.15, 0.2) is 42.6 Å². The second-order valence-corrected chi connectivity index (χ2v) is 6.76. The smallest absolute Gasteiger partial charge is 0.314 e. The Bertz CT molecular complexity index is 769. The number of hydrogen-bond acceptors (Lipinski definition) is 4. The summed E-state index contributed by atoms with van der Waals surface area (Å²) in [6, 6.07) is 10.9. The molecule has 0 saturated carbocycles. The minimum atomic E-state index is -0.522. The van der Waals surface area contributed by atoms with Crippen LogP contribution in [0.2, 0.25) is 10.0 Å². The van der Waals surface area contributed by atoms with Crippen molar-refractivity contribution in [1.29, 1.82) is 0 Å². The van der Waals surface area contributed by atoms with Gasteiger partial charge in [-0.05, 0) is 17.5 Å². The molecule has 1 aromatic heterocycles. The minimum absolute atomic E-state index is 0.0836. The largest absolute Gasteiger partial charge is 0.455 e. The number of ether oxygens (including phenoxy) is 1. The van der Waals surface area contributed by atoms with Crippen molar-refractivity contribution in [2.75, 3.05) is 11.9 Å². The third-order valence-corrected chi connectivity index (χ3v) is 4.53. The molecule has 0 spiro atoms. The van der Waals surface area contributed by atoms with Crippen LogP contribution in [-0.2, 0) is 14.3 Å². The predicted octanol–water partition coefficient (Wildman–Crippen LogP) is 4.70. The second kappa shape index (κ2) is 9.55. The summed E-state index contributed by atoms with van der Waals surface area (Å²) < 4.78 is 5.23. The average Bonchev–Trinajstić information content (AvgIpc) is 2.63. The summed E-state index contributed by atoms with van der Waals surface area (Å²) in [4.78, 5) is 28.5. The molecule has 2 atom stereocenters. The molecule has 138 valence electrons. The quantitative estimate of drug-likeness (QED) is 0.690. The van der Waals surface area contributed by atoms with Crippen molar-refractivity contribution in [3.63, 3.8) is 0 Å². The lowest BCUT2D eigenvalue weighted by atomic mass is 9.86. The first-order valence-electron chi connectivity index (χ1n) is 8.24. The van der Waals surface area contributed by atoms with Crippen molar-refractivity contribution in [2.45, 2.75) is 26.2 Å². The van der Waals surface area contributed by atoms with Gasteiger partial charge in [0.2, 0.25) is 0 Å². The molecular weight excluding hydrogens is 375 g/mol. The first kappa shape index (κ1) is 20.2. The van der Waals surface area contributed by atoms with Crippen LogP contribution >= 0.6 is 23.2 Å². The van der Waals surface area contributed by atoms with Gasteiger partial charge in [0.25, 0.3) is 5.91 Å².